The molecule has 1 amide bonds. The molecule has 5 nitrogen and oxygen atoms in total. The van der Waals surface area contributed by atoms with Gasteiger partial charge in [0.15, 0.2) is 5.78 Å². The van der Waals surface area contributed by atoms with Crippen molar-refractivity contribution in [2.45, 2.75) is 18.9 Å². The molecule has 0 bridgehead atoms. The number of amides is 1. The zero-order valence-electron chi connectivity index (χ0n) is 16.1. The molecule has 0 spiro atoms. The van der Waals surface area contributed by atoms with Gasteiger partial charge in [-0.2, -0.15) is 0 Å². The maximum atomic E-state index is 13.1. The van der Waals surface area contributed by atoms with Gasteiger partial charge in [0.05, 0.1) is 6.42 Å². The number of anilines is 1. The number of hydrogen-bond donors (Lipinski definition) is 1. The van der Waals surface area contributed by atoms with E-state index in [4.69, 9.17) is 4.74 Å². The summed E-state index contributed by atoms with van der Waals surface area (Å²) >= 11 is 0. The molecule has 30 heavy (non-hydrogen) atoms. The highest BCUT2D eigenvalue weighted by atomic mass is 19.1. The van der Waals surface area contributed by atoms with E-state index in [2.05, 4.69) is 5.32 Å². The van der Waals surface area contributed by atoms with Crippen LogP contribution in [0.5, 0.6) is 0 Å². The molecule has 0 fully saturated rings. The fraction of sp³-hybridized carbons (Fsp3) is 0.125. The topological polar surface area (TPSA) is 72.5 Å². The van der Waals surface area contributed by atoms with Crippen LogP contribution in [0.1, 0.15) is 34.9 Å². The van der Waals surface area contributed by atoms with Crippen LogP contribution in [0.2, 0.25) is 0 Å². The van der Waals surface area contributed by atoms with Crippen molar-refractivity contribution in [1.82, 2.24) is 0 Å². The average molecular weight is 405 g/mol. The molecule has 0 saturated heterocycles. The molecule has 3 aromatic carbocycles. The summed E-state index contributed by atoms with van der Waals surface area (Å²) in [6.07, 6.45) is -1.37. The Morgan fingerprint density at radius 2 is 1.40 bits per heavy atom. The van der Waals surface area contributed by atoms with Crippen LogP contribution in [0.25, 0.3) is 0 Å². The van der Waals surface area contributed by atoms with Crippen molar-refractivity contribution in [3.8, 4) is 0 Å². The number of esters is 1. The maximum absolute atomic E-state index is 13.1. The quantitative estimate of drug-likeness (QED) is 0.435. The SMILES string of the molecule is O=C(CCC(=O)c1ccccc1)O[C@H](C(=O)Nc1ccc(F)cc1)c1ccccc1. The fourth-order valence-electron chi connectivity index (χ4n) is 2.82. The van der Waals surface area contributed by atoms with Crippen molar-refractivity contribution in [3.05, 3.63) is 102 Å². The van der Waals surface area contributed by atoms with Crippen LogP contribution in [-0.4, -0.2) is 17.7 Å². The van der Waals surface area contributed by atoms with E-state index in [0.717, 1.165) is 0 Å². The second-order valence-corrected chi connectivity index (χ2v) is 6.57. The summed E-state index contributed by atoms with van der Waals surface area (Å²) < 4.78 is 18.5. The molecule has 0 saturated carbocycles. The Morgan fingerprint density at radius 1 is 0.800 bits per heavy atom. The van der Waals surface area contributed by atoms with E-state index in [1.165, 1.54) is 24.3 Å². The van der Waals surface area contributed by atoms with Gasteiger partial charge in [-0.05, 0) is 24.3 Å². The predicted molar refractivity (Wildman–Crippen MR) is 110 cm³/mol. The Balaban J connectivity index is 1.66. The zero-order chi connectivity index (χ0) is 21.3. The van der Waals surface area contributed by atoms with Crippen LogP contribution in [-0.2, 0) is 14.3 Å². The molecule has 3 aromatic rings. The van der Waals surface area contributed by atoms with Gasteiger partial charge >= 0.3 is 5.97 Å². The molecule has 0 aliphatic heterocycles. The molecule has 6 heteroatoms. The normalized spacial score (nSPS) is 11.4. The highest BCUT2D eigenvalue weighted by Gasteiger charge is 2.25. The molecule has 0 aliphatic rings. The third-order valence-corrected chi connectivity index (χ3v) is 4.35. The lowest BCUT2D eigenvalue weighted by Crippen LogP contribution is -2.26. The van der Waals surface area contributed by atoms with Crippen molar-refractivity contribution < 1.29 is 23.5 Å². The number of ether oxygens (including phenoxy) is 1. The van der Waals surface area contributed by atoms with Crippen molar-refractivity contribution >= 4 is 23.3 Å². The first-order chi connectivity index (χ1) is 14.5. The molecular weight excluding hydrogens is 385 g/mol. The van der Waals surface area contributed by atoms with Crippen LogP contribution < -0.4 is 5.32 Å². The lowest BCUT2D eigenvalue weighted by molar-refractivity contribution is -0.154. The third kappa shape index (κ3) is 5.85. The molecule has 0 heterocycles. The summed E-state index contributed by atoms with van der Waals surface area (Å²) in [6.45, 7) is 0. The molecule has 152 valence electrons. The number of benzene rings is 3. The van der Waals surface area contributed by atoms with Crippen LogP contribution in [0, 0.1) is 5.82 Å². The number of ketones is 1. The Hall–Kier alpha value is -3.80. The smallest absolute Gasteiger partial charge is 0.307 e. The summed E-state index contributed by atoms with van der Waals surface area (Å²) in [6, 6.07) is 22.5. The Bertz CT molecular complexity index is 1000. The predicted octanol–water partition coefficient (Wildman–Crippen LogP) is 4.71. The lowest BCUT2D eigenvalue weighted by atomic mass is 10.1. The summed E-state index contributed by atoms with van der Waals surface area (Å²) in [4.78, 5) is 37.3. The van der Waals surface area contributed by atoms with E-state index < -0.39 is 23.8 Å². The van der Waals surface area contributed by atoms with E-state index in [1.54, 1.807) is 60.7 Å². The van der Waals surface area contributed by atoms with E-state index in [0.29, 0.717) is 16.8 Å². The van der Waals surface area contributed by atoms with Gasteiger partial charge in [-0.3, -0.25) is 14.4 Å². The number of Topliss-reactive ketones (excluding diaryl/α,β-unsaturated/α-hetero) is 1. The number of carbonyl (C=O) groups is 3. The summed E-state index contributed by atoms with van der Waals surface area (Å²) in [5, 5.41) is 2.61. The zero-order valence-corrected chi connectivity index (χ0v) is 16.1. The molecular formula is C24H20FNO4. The van der Waals surface area contributed by atoms with Crippen molar-refractivity contribution in [2.24, 2.45) is 0 Å². The van der Waals surface area contributed by atoms with Crippen LogP contribution in [0.3, 0.4) is 0 Å². The fourth-order valence-corrected chi connectivity index (χ4v) is 2.82. The summed E-state index contributed by atoms with van der Waals surface area (Å²) in [5.41, 5.74) is 1.37. The lowest BCUT2D eigenvalue weighted by Gasteiger charge is -2.18. The van der Waals surface area contributed by atoms with Gasteiger partial charge in [-0.15, -0.1) is 0 Å². The van der Waals surface area contributed by atoms with Crippen molar-refractivity contribution in [2.75, 3.05) is 5.32 Å². The second-order valence-electron chi connectivity index (χ2n) is 6.57. The Morgan fingerprint density at radius 3 is 2.03 bits per heavy atom. The van der Waals surface area contributed by atoms with Gasteiger partial charge in [0.1, 0.15) is 5.82 Å². The van der Waals surface area contributed by atoms with Gasteiger partial charge in [-0.25, -0.2) is 4.39 Å². The highest BCUT2D eigenvalue weighted by Crippen LogP contribution is 2.21. The Labute approximate surface area is 173 Å². The molecule has 1 N–H and O–H groups in total. The maximum Gasteiger partial charge on any atom is 0.307 e. The minimum Gasteiger partial charge on any atom is -0.447 e. The minimum atomic E-state index is -1.20. The van der Waals surface area contributed by atoms with Gasteiger partial charge in [0, 0.05) is 23.2 Å². The summed E-state index contributed by atoms with van der Waals surface area (Å²) in [5.74, 6) is -1.85. The molecule has 0 radical (unpaired) electrons. The first kappa shape index (κ1) is 20.9. The molecule has 0 unspecified atom stereocenters. The van der Waals surface area contributed by atoms with Gasteiger partial charge in [0.25, 0.3) is 5.91 Å². The van der Waals surface area contributed by atoms with E-state index in [1.807, 2.05) is 0 Å². The minimum absolute atomic E-state index is 0.0239. The number of rotatable bonds is 8. The highest BCUT2D eigenvalue weighted by molar-refractivity contribution is 5.98. The van der Waals surface area contributed by atoms with Gasteiger partial charge in [0.2, 0.25) is 6.10 Å². The standard InChI is InChI=1S/C24H20FNO4/c25-19-11-13-20(14-12-19)26-24(29)23(18-9-5-2-6-10-18)30-22(28)16-15-21(27)17-7-3-1-4-8-17/h1-14,23H,15-16H2,(H,26,29)/t23-/m0/s1. The number of nitrogens with one attached hydrogen (secondary N) is 1. The first-order valence-electron chi connectivity index (χ1n) is 9.42. The van der Waals surface area contributed by atoms with Crippen LogP contribution in [0.15, 0.2) is 84.9 Å². The second kappa shape index (κ2) is 10.1. The Kier molecular flexibility index (Phi) is 7.05. The van der Waals surface area contributed by atoms with E-state index in [9.17, 15) is 18.8 Å². The van der Waals surface area contributed by atoms with Crippen LogP contribution in [0.4, 0.5) is 10.1 Å². The number of halogens is 1. The van der Waals surface area contributed by atoms with Crippen LogP contribution >= 0.6 is 0 Å². The first-order valence-corrected chi connectivity index (χ1v) is 9.42. The van der Waals surface area contributed by atoms with Crippen molar-refractivity contribution in [3.63, 3.8) is 0 Å². The monoisotopic (exact) mass is 405 g/mol. The van der Waals surface area contributed by atoms with Gasteiger partial charge < -0.3 is 10.1 Å². The largest absolute Gasteiger partial charge is 0.447 e. The number of carbonyl (C=O) groups excluding carboxylic acids is 3. The molecule has 1 atom stereocenters. The third-order valence-electron chi connectivity index (χ3n) is 4.35. The molecule has 0 aliphatic carbocycles. The molecule has 0 aromatic heterocycles. The van der Waals surface area contributed by atoms with Crippen molar-refractivity contribution in [1.29, 1.82) is 0 Å². The molecule has 3 rings (SSSR count). The van der Waals surface area contributed by atoms with E-state index >= 15 is 0 Å². The van der Waals surface area contributed by atoms with E-state index in [-0.39, 0.29) is 18.6 Å². The number of hydrogen-bond acceptors (Lipinski definition) is 4. The average Bonchev–Trinajstić information content (AvgIpc) is 2.78. The summed E-state index contributed by atoms with van der Waals surface area (Å²) in [7, 11) is 0. The van der Waals surface area contributed by atoms with Gasteiger partial charge in [-0.1, -0.05) is 60.7 Å².